The lowest BCUT2D eigenvalue weighted by Gasteiger charge is -2.20. The van der Waals surface area contributed by atoms with Gasteiger partial charge in [0.15, 0.2) is 0 Å². The first-order valence-corrected chi connectivity index (χ1v) is 6.46. The molecule has 0 amide bonds. The molecule has 0 bridgehead atoms. The van der Waals surface area contributed by atoms with Gasteiger partial charge in [0.1, 0.15) is 18.5 Å². The summed E-state index contributed by atoms with van der Waals surface area (Å²) in [5, 5.41) is 0. The summed E-state index contributed by atoms with van der Waals surface area (Å²) in [6.07, 6.45) is 0.317. The number of benzene rings is 1. The molecule has 2 nitrogen and oxygen atoms in total. The zero-order chi connectivity index (χ0) is 12.4. The van der Waals surface area contributed by atoms with Crippen molar-refractivity contribution in [1.82, 2.24) is 0 Å². The average Bonchev–Trinajstić information content (AvgIpc) is 3.09. The Balaban J connectivity index is 2.24. The summed E-state index contributed by atoms with van der Waals surface area (Å²) >= 11 is 0. The van der Waals surface area contributed by atoms with Crippen molar-refractivity contribution in [3.8, 4) is 5.75 Å². The fourth-order valence-electron chi connectivity index (χ4n) is 2.16. The molecule has 0 radical (unpaired) electrons. The van der Waals surface area contributed by atoms with Crippen LogP contribution in [0.4, 0.5) is 0 Å². The number of rotatable bonds is 5. The molecule has 0 spiro atoms. The summed E-state index contributed by atoms with van der Waals surface area (Å²) in [5.41, 5.74) is 2.75. The summed E-state index contributed by atoms with van der Waals surface area (Å²) in [4.78, 5) is 0. The fourth-order valence-corrected chi connectivity index (χ4v) is 2.16. The molecule has 1 aromatic carbocycles. The molecule has 1 heterocycles. The molecule has 0 aromatic heterocycles. The van der Waals surface area contributed by atoms with E-state index in [1.165, 1.54) is 11.1 Å². The van der Waals surface area contributed by atoms with Crippen LogP contribution in [0, 0.1) is 0 Å². The lowest BCUT2D eigenvalue weighted by molar-refractivity contribution is 0.260. The second-order valence-electron chi connectivity index (χ2n) is 5.33. The Morgan fingerprint density at radius 1 is 1.24 bits per heavy atom. The minimum atomic E-state index is 0.317. The van der Waals surface area contributed by atoms with Gasteiger partial charge in [-0.15, -0.1) is 0 Å². The molecular formula is C15H22O2. The van der Waals surface area contributed by atoms with Gasteiger partial charge in [-0.2, -0.15) is 0 Å². The Morgan fingerprint density at radius 2 is 1.94 bits per heavy atom. The normalized spacial score (nSPS) is 18.8. The smallest absolute Gasteiger partial charge is 0.123 e. The first kappa shape index (κ1) is 12.4. The molecule has 2 heteroatoms. The lowest BCUT2D eigenvalue weighted by atomic mass is 9.90. The van der Waals surface area contributed by atoms with Crippen LogP contribution in [0.2, 0.25) is 0 Å². The third kappa shape index (κ3) is 3.01. The highest BCUT2D eigenvalue weighted by atomic mass is 16.6. The van der Waals surface area contributed by atoms with Crippen LogP contribution in [-0.2, 0) is 4.74 Å². The predicted molar refractivity (Wildman–Crippen MR) is 69.9 cm³/mol. The van der Waals surface area contributed by atoms with E-state index >= 15 is 0 Å². The number of ether oxygens (including phenoxy) is 2. The van der Waals surface area contributed by atoms with E-state index in [0.717, 1.165) is 12.4 Å². The Labute approximate surface area is 104 Å². The summed E-state index contributed by atoms with van der Waals surface area (Å²) in [7, 11) is 0. The van der Waals surface area contributed by atoms with Gasteiger partial charge in [0.2, 0.25) is 0 Å². The van der Waals surface area contributed by atoms with E-state index in [1.807, 2.05) is 0 Å². The van der Waals surface area contributed by atoms with Crippen molar-refractivity contribution in [3.63, 3.8) is 0 Å². The molecule has 17 heavy (non-hydrogen) atoms. The van der Waals surface area contributed by atoms with Crippen molar-refractivity contribution in [2.45, 2.75) is 45.6 Å². The second-order valence-corrected chi connectivity index (χ2v) is 5.33. The largest absolute Gasteiger partial charge is 0.490 e. The molecule has 94 valence electrons. The molecule has 0 saturated carbocycles. The van der Waals surface area contributed by atoms with Crippen molar-refractivity contribution in [2.24, 2.45) is 0 Å². The second kappa shape index (κ2) is 5.09. The summed E-state index contributed by atoms with van der Waals surface area (Å²) in [5.74, 6) is 2.05. The van der Waals surface area contributed by atoms with Gasteiger partial charge in [-0.05, 0) is 23.5 Å². The summed E-state index contributed by atoms with van der Waals surface area (Å²) in [6, 6.07) is 6.37. The van der Waals surface area contributed by atoms with Gasteiger partial charge in [-0.1, -0.05) is 39.8 Å². The molecule has 1 aliphatic heterocycles. The maximum atomic E-state index is 5.89. The summed E-state index contributed by atoms with van der Waals surface area (Å²) < 4.78 is 11.1. The quantitative estimate of drug-likeness (QED) is 0.724. The van der Waals surface area contributed by atoms with Crippen molar-refractivity contribution in [1.29, 1.82) is 0 Å². The van der Waals surface area contributed by atoms with Crippen molar-refractivity contribution in [3.05, 3.63) is 29.3 Å². The van der Waals surface area contributed by atoms with Crippen molar-refractivity contribution in [2.75, 3.05) is 13.2 Å². The molecule has 1 aromatic rings. The van der Waals surface area contributed by atoms with Crippen molar-refractivity contribution >= 4 is 0 Å². The zero-order valence-corrected chi connectivity index (χ0v) is 11.2. The fraction of sp³-hybridized carbons (Fsp3) is 0.600. The third-order valence-corrected chi connectivity index (χ3v) is 3.13. The highest BCUT2D eigenvalue weighted by Crippen LogP contribution is 2.34. The first-order valence-electron chi connectivity index (χ1n) is 6.46. The molecule has 1 aliphatic rings. The van der Waals surface area contributed by atoms with Crippen LogP contribution in [-0.4, -0.2) is 19.3 Å². The van der Waals surface area contributed by atoms with Gasteiger partial charge in [0, 0.05) is 5.56 Å². The highest BCUT2D eigenvalue weighted by Gasteiger charge is 2.24. The van der Waals surface area contributed by atoms with Crippen LogP contribution in [0.5, 0.6) is 5.75 Å². The molecule has 1 atom stereocenters. The van der Waals surface area contributed by atoms with E-state index in [-0.39, 0.29) is 0 Å². The summed E-state index contributed by atoms with van der Waals surface area (Å²) in [6.45, 7) is 10.4. The topological polar surface area (TPSA) is 21.8 Å². The first-order chi connectivity index (χ1) is 8.09. The molecule has 1 unspecified atom stereocenters. The van der Waals surface area contributed by atoms with Crippen molar-refractivity contribution < 1.29 is 9.47 Å². The number of hydrogen-bond donors (Lipinski definition) is 0. The van der Waals surface area contributed by atoms with E-state index in [1.54, 1.807) is 0 Å². The zero-order valence-electron chi connectivity index (χ0n) is 11.2. The molecule has 2 rings (SSSR count). The van der Waals surface area contributed by atoms with E-state index in [2.05, 4.69) is 45.9 Å². The third-order valence-electron chi connectivity index (χ3n) is 3.13. The molecule has 1 saturated heterocycles. The van der Waals surface area contributed by atoms with Gasteiger partial charge >= 0.3 is 0 Å². The Kier molecular flexibility index (Phi) is 3.72. The predicted octanol–water partition coefficient (Wildman–Crippen LogP) is 3.71. The number of epoxide rings is 1. The van der Waals surface area contributed by atoms with Crippen LogP contribution in [0.25, 0.3) is 0 Å². The number of hydrogen-bond acceptors (Lipinski definition) is 2. The van der Waals surface area contributed by atoms with Crippen LogP contribution in [0.15, 0.2) is 18.2 Å². The van der Waals surface area contributed by atoms with Gasteiger partial charge in [0.05, 0.1) is 6.61 Å². The van der Waals surface area contributed by atoms with E-state index in [0.29, 0.717) is 24.5 Å². The molecule has 1 fully saturated rings. The average molecular weight is 234 g/mol. The van der Waals surface area contributed by atoms with E-state index in [4.69, 9.17) is 9.47 Å². The Morgan fingerprint density at radius 3 is 2.47 bits per heavy atom. The standard InChI is InChI=1S/C15H22O2/c1-10(2)13-6-5-7-14(15(13)11(3)4)17-9-12-8-16-12/h5-7,10-12H,8-9H2,1-4H3. The maximum absolute atomic E-state index is 5.89. The van der Waals surface area contributed by atoms with E-state index in [9.17, 15) is 0 Å². The van der Waals surface area contributed by atoms with Crippen LogP contribution >= 0.6 is 0 Å². The highest BCUT2D eigenvalue weighted by molar-refractivity contribution is 5.44. The minimum Gasteiger partial charge on any atom is -0.490 e. The SMILES string of the molecule is CC(C)c1cccc(OCC2CO2)c1C(C)C. The van der Waals surface area contributed by atoms with Gasteiger partial charge in [-0.25, -0.2) is 0 Å². The van der Waals surface area contributed by atoms with E-state index < -0.39 is 0 Å². The Hall–Kier alpha value is -1.02. The monoisotopic (exact) mass is 234 g/mol. The van der Waals surface area contributed by atoms with Gasteiger partial charge < -0.3 is 9.47 Å². The molecule has 0 aliphatic carbocycles. The molecular weight excluding hydrogens is 212 g/mol. The molecule has 0 N–H and O–H groups in total. The van der Waals surface area contributed by atoms with Crippen LogP contribution < -0.4 is 4.74 Å². The lowest BCUT2D eigenvalue weighted by Crippen LogP contribution is -2.08. The van der Waals surface area contributed by atoms with Gasteiger partial charge in [-0.3, -0.25) is 0 Å². The minimum absolute atomic E-state index is 0.317. The van der Waals surface area contributed by atoms with Gasteiger partial charge in [0.25, 0.3) is 0 Å². The van der Waals surface area contributed by atoms with Crippen LogP contribution in [0.1, 0.15) is 50.7 Å². The Bertz CT molecular complexity index is 379. The van der Waals surface area contributed by atoms with Crippen LogP contribution in [0.3, 0.4) is 0 Å². The maximum Gasteiger partial charge on any atom is 0.123 e.